The zero-order chi connectivity index (χ0) is 70.9. The molecule has 100 heavy (non-hydrogen) atoms. The third kappa shape index (κ3) is 15.2. The predicted molar refractivity (Wildman–Crippen MR) is 408 cm³/mol. The molecular weight excluding hydrogens is 1360 g/mol. The van der Waals surface area contributed by atoms with Gasteiger partial charge in [0.05, 0.1) is 38.1 Å². The zero-order valence-electron chi connectivity index (χ0n) is 61.4. The second-order valence-corrected chi connectivity index (χ2v) is 33.0. The number of ether oxygens (including phenoxy) is 6. The Balaban J connectivity index is 0.000000145. The summed E-state index contributed by atoms with van der Waals surface area (Å²) in [5, 5.41) is 8.82. The molecule has 9 aliphatic carbocycles. The van der Waals surface area contributed by atoms with Crippen LogP contribution in [0.5, 0.6) is 17.2 Å². The van der Waals surface area contributed by atoms with E-state index in [0.29, 0.717) is 35.4 Å². The van der Waals surface area contributed by atoms with Gasteiger partial charge in [-0.05, 0) is 267 Å². The molecule has 15 rings (SSSR count). The van der Waals surface area contributed by atoms with Crippen LogP contribution in [-0.4, -0.2) is 134 Å². The van der Waals surface area contributed by atoms with Gasteiger partial charge in [-0.3, -0.25) is 24.2 Å². The maximum Gasteiger partial charge on any atom is 0.262 e. The zero-order valence-corrected chi connectivity index (χ0v) is 64.6. The van der Waals surface area contributed by atoms with Crippen LogP contribution in [0.2, 0.25) is 0 Å². The van der Waals surface area contributed by atoms with Crippen molar-refractivity contribution in [3.8, 4) is 17.2 Å². The predicted octanol–water partition coefficient (Wildman–Crippen LogP) is 14.7. The van der Waals surface area contributed by atoms with Gasteiger partial charge in [0, 0.05) is 61.7 Å². The number of benzene rings is 3. The molecule has 3 heterocycles. The van der Waals surface area contributed by atoms with E-state index in [1.54, 1.807) is 30.9 Å². The second-order valence-electron chi connectivity index (χ2n) is 30.7. The number of hydrogen-bond donors (Lipinski definition) is 4. The third-order valence-corrected chi connectivity index (χ3v) is 26.1. The number of nitrogens with one attached hydrogen (secondary N) is 2. The number of alkyl halides is 1. The number of amidine groups is 1. The summed E-state index contributed by atoms with van der Waals surface area (Å²) in [6.07, 6.45) is 31.5. The van der Waals surface area contributed by atoms with E-state index in [4.69, 9.17) is 56.4 Å². The van der Waals surface area contributed by atoms with E-state index < -0.39 is 16.6 Å². The van der Waals surface area contributed by atoms with Crippen molar-refractivity contribution in [2.24, 2.45) is 55.5 Å². The van der Waals surface area contributed by atoms with Crippen LogP contribution in [0.1, 0.15) is 228 Å². The summed E-state index contributed by atoms with van der Waals surface area (Å²) in [5.41, 5.74) is 14.7. The van der Waals surface area contributed by atoms with Crippen molar-refractivity contribution in [1.29, 1.82) is 0 Å². The van der Waals surface area contributed by atoms with Gasteiger partial charge >= 0.3 is 0 Å². The van der Waals surface area contributed by atoms with Crippen LogP contribution in [0, 0.1) is 34.0 Å². The molecule has 6 N–H and O–H groups in total. The molecule has 0 radical (unpaired) electrons. The first-order chi connectivity index (χ1) is 48.6. The average Bonchev–Trinajstić information content (AvgIpc) is 1.54. The minimum absolute atomic E-state index is 0.0125. The first kappa shape index (κ1) is 76.3. The van der Waals surface area contributed by atoms with E-state index in [-0.39, 0.29) is 52.3 Å². The van der Waals surface area contributed by atoms with Crippen LogP contribution in [0.15, 0.2) is 64.6 Å². The molecule has 6 spiro atoms. The number of nitrogens with zero attached hydrogens (tertiary/aromatic N) is 4. The molecule has 20 heteroatoms. The van der Waals surface area contributed by atoms with E-state index in [1.807, 2.05) is 12.0 Å². The summed E-state index contributed by atoms with van der Waals surface area (Å²) >= 11 is 10.5. The van der Waals surface area contributed by atoms with Crippen molar-refractivity contribution in [3.63, 3.8) is 0 Å². The Labute approximate surface area is 615 Å². The van der Waals surface area contributed by atoms with Gasteiger partial charge < -0.3 is 50.5 Å². The standard InChI is InChI=1S/C29H42N2O3S.C25H35N3O3.C21H26N2O3S.C4H9Br.CH5N/c1-4-6-16-31-26(32)29(30-27(31)35-17-7-5-2)25-18-24(34-20-21-8-9-21)11-10-22(25)19-28(29)14-12-23(33-3)13-15-28;1-3-4-13-28-22(29)25(27-23(28)26)21-14-20(31-16-17-5-6-17)8-7-18(21)15-24(25)11-9-19(30-2)10-12-24;1-25-15-6-8-20(9-7-15)11-14-4-5-16(26-12-13-2-3-13)10-17(14)21(20)18(24)22-19(27)23-21;1-2-3-4-5;1-2/h10-11,18,21,23H,4-9,12-17,19-20H2,1-3H3;7-8,14,17,19H,3-6,9-13,15-16H2,1-2H3,(H2,26,27);4-5,10,13,15H,2-3,6-9,11-12H2,1H3,(H2,22,23,24,27);2-4H2,1H3;2H2,1H3. The molecule has 0 bridgehead atoms. The number of nitrogens with two attached hydrogens (primary N) is 2. The monoisotopic (exact) mass is 1480 g/mol. The van der Waals surface area contributed by atoms with Crippen molar-refractivity contribution in [3.05, 3.63) is 88.0 Å². The summed E-state index contributed by atoms with van der Waals surface area (Å²) in [6, 6.07) is 19.1. The Bertz CT molecular complexity index is 3390. The first-order valence-corrected chi connectivity index (χ1v) is 40.9. The van der Waals surface area contributed by atoms with Crippen molar-refractivity contribution in [1.82, 2.24) is 20.4 Å². The van der Waals surface area contributed by atoms with E-state index in [2.05, 4.69) is 115 Å². The van der Waals surface area contributed by atoms with E-state index in [0.717, 1.165) is 211 Å². The number of methoxy groups -OCH3 is 3. The number of thiocarbonyl (C=S) groups is 1. The number of guanidine groups is 1. The smallest absolute Gasteiger partial charge is 0.262 e. The molecule has 0 aromatic heterocycles. The van der Waals surface area contributed by atoms with Gasteiger partial charge in [-0.2, -0.15) is 0 Å². The molecule has 3 aliphatic heterocycles. The van der Waals surface area contributed by atoms with Crippen LogP contribution >= 0.6 is 39.9 Å². The van der Waals surface area contributed by atoms with Gasteiger partial charge in [-0.15, -0.1) is 0 Å². The maximum atomic E-state index is 14.6. The molecule has 17 nitrogen and oxygen atoms in total. The maximum absolute atomic E-state index is 14.6. The Morgan fingerprint density at radius 1 is 0.540 bits per heavy atom. The Hall–Kier alpha value is -4.83. The normalized spacial score (nSPS) is 30.2. The lowest BCUT2D eigenvalue weighted by molar-refractivity contribution is -0.139. The van der Waals surface area contributed by atoms with E-state index >= 15 is 0 Å². The van der Waals surface area contributed by atoms with E-state index in [9.17, 15) is 14.4 Å². The summed E-state index contributed by atoms with van der Waals surface area (Å²) < 4.78 is 35.3. The molecular formula is C80H117BrN8O9S2. The molecule has 550 valence electrons. The molecule has 3 unspecified atom stereocenters. The lowest BCUT2D eigenvalue weighted by atomic mass is 9.61. The fourth-order valence-corrected chi connectivity index (χ4v) is 19.7. The quantitative estimate of drug-likeness (QED) is 0.0395. The van der Waals surface area contributed by atoms with Gasteiger partial charge in [0.1, 0.15) is 17.2 Å². The number of halogens is 1. The summed E-state index contributed by atoms with van der Waals surface area (Å²) in [6.45, 7) is 12.4. The van der Waals surface area contributed by atoms with Crippen molar-refractivity contribution < 1.29 is 42.8 Å². The number of carbonyl (C=O) groups excluding carboxylic acids is 3. The highest BCUT2D eigenvalue weighted by molar-refractivity contribution is 9.09. The summed E-state index contributed by atoms with van der Waals surface area (Å²) in [5.74, 6) is 6.33. The van der Waals surface area contributed by atoms with Gasteiger partial charge in [-0.25, -0.2) is 9.98 Å². The average molecular weight is 1480 g/mol. The number of hydrogen-bond acceptors (Lipinski definition) is 15. The molecule has 3 aromatic rings. The number of rotatable bonds is 23. The number of unbranched alkanes of at least 4 members (excludes halogenated alkanes) is 4. The highest BCUT2D eigenvalue weighted by atomic mass is 79.9. The van der Waals surface area contributed by atoms with Crippen molar-refractivity contribution in [2.75, 3.05) is 72.4 Å². The van der Waals surface area contributed by atoms with Crippen molar-refractivity contribution in [2.45, 2.75) is 249 Å². The second kappa shape index (κ2) is 33.5. The largest absolute Gasteiger partial charge is 0.493 e. The van der Waals surface area contributed by atoms with Crippen LogP contribution in [0.25, 0.3) is 0 Å². The Morgan fingerprint density at radius 3 is 1.32 bits per heavy atom. The molecule has 12 aliphatic rings. The van der Waals surface area contributed by atoms with Crippen LogP contribution in [0.3, 0.4) is 0 Å². The van der Waals surface area contributed by atoms with Gasteiger partial charge in [0.2, 0.25) is 0 Å². The molecule has 3 aromatic carbocycles. The number of thioether (sulfide) groups is 1. The van der Waals surface area contributed by atoms with Gasteiger partial charge in [0.15, 0.2) is 32.9 Å². The highest BCUT2D eigenvalue weighted by Crippen LogP contribution is 2.65. The Morgan fingerprint density at radius 2 is 0.930 bits per heavy atom. The number of carbonyl (C=O) groups is 3. The molecule has 7 fully saturated rings. The van der Waals surface area contributed by atoms with Gasteiger partial charge in [0.25, 0.3) is 17.7 Å². The summed E-state index contributed by atoms with van der Waals surface area (Å²) in [7, 11) is 6.88. The van der Waals surface area contributed by atoms with Crippen LogP contribution in [-0.2, 0) is 64.5 Å². The van der Waals surface area contributed by atoms with Crippen LogP contribution < -0.4 is 36.3 Å². The fourth-order valence-electron chi connectivity index (χ4n) is 17.8. The molecule has 3 atom stereocenters. The first-order valence-electron chi connectivity index (χ1n) is 38.4. The summed E-state index contributed by atoms with van der Waals surface area (Å²) in [4.78, 5) is 56.2. The van der Waals surface area contributed by atoms with E-state index in [1.165, 1.54) is 75.1 Å². The topological polar surface area (TPSA) is 214 Å². The Kier molecular flexibility index (Phi) is 25.6. The number of amides is 3. The number of aliphatic imine (C=N–C) groups is 2. The number of fused-ring (bicyclic) bond motifs is 9. The van der Waals surface area contributed by atoms with Gasteiger partial charge in [-0.1, -0.05) is 99.3 Å². The SMILES string of the molecule is CCCCBr.CCCCN1C(=O)C2(N=C1N)c1cc(OCC3CC3)ccc1CC21CCC(OC)CC1.CCCCSC1=NC2(C(=O)N1CCCC)c1cc(OCC3CC3)ccc1CC21CCC(OC)CC1.CN.COC1CCC2(CC1)Cc1ccc(OCC3CC3)cc1C21NC(=S)NC1=O. The third-order valence-electron chi connectivity index (χ3n) is 24.3. The molecule has 3 amide bonds. The minimum Gasteiger partial charge on any atom is -0.493 e. The van der Waals surface area contributed by atoms with Crippen LogP contribution in [0.4, 0.5) is 0 Å². The molecule has 6 saturated carbocycles. The highest BCUT2D eigenvalue weighted by Gasteiger charge is 2.69. The lowest BCUT2D eigenvalue weighted by Crippen LogP contribution is -2.56. The minimum atomic E-state index is -0.919. The lowest BCUT2D eigenvalue weighted by Gasteiger charge is -2.46. The fraction of sp³-hybridized carbons (Fsp3) is 0.700. The molecule has 1 saturated heterocycles. The van der Waals surface area contributed by atoms with Crippen molar-refractivity contribution >= 4 is 73.9 Å².